The number of nitrogens with one attached hydrogen (secondary N) is 1. The van der Waals surface area contributed by atoms with Gasteiger partial charge in [-0.15, -0.1) is 0 Å². The average molecular weight is 1290 g/mol. The van der Waals surface area contributed by atoms with E-state index in [1.54, 1.807) is 0 Å². The monoisotopic (exact) mass is 1280 g/mol. The van der Waals surface area contributed by atoms with Gasteiger partial charge in [0.05, 0.1) is 25.4 Å². The van der Waals surface area contributed by atoms with Gasteiger partial charge >= 0.3 is 5.97 Å². The van der Waals surface area contributed by atoms with Crippen LogP contribution in [0.1, 0.15) is 508 Å². The van der Waals surface area contributed by atoms with Crippen LogP contribution in [0.5, 0.6) is 0 Å². The molecule has 91 heavy (non-hydrogen) atoms. The zero-order valence-corrected chi connectivity index (χ0v) is 62.6. The number of hydrogen-bond donors (Lipinski definition) is 3. The number of amides is 1. The summed E-state index contributed by atoms with van der Waals surface area (Å²) in [5.74, 6) is 0.00566. The number of carbonyl (C=O) groups is 2. The maximum Gasteiger partial charge on any atom is 0.305 e. The van der Waals surface area contributed by atoms with Gasteiger partial charge in [0.2, 0.25) is 5.91 Å². The van der Waals surface area contributed by atoms with Crippen molar-refractivity contribution in [2.45, 2.75) is 520 Å². The number of rotatable bonds is 82. The molecule has 0 bridgehead atoms. The predicted octanol–water partition coefficient (Wildman–Crippen LogP) is 28.4. The minimum Gasteiger partial charge on any atom is -0.466 e. The molecule has 0 aliphatic rings. The normalized spacial score (nSPS) is 12.4. The molecule has 0 aromatic carbocycles. The van der Waals surface area contributed by atoms with Crippen LogP contribution in [0.4, 0.5) is 0 Å². The topological polar surface area (TPSA) is 95.9 Å². The van der Waals surface area contributed by atoms with Gasteiger partial charge in [-0.25, -0.2) is 0 Å². The van der Waals surface area contributed by atoms with E-state index in [-0.39, 0.29) is 18.5 Å². The molecule has 0 saturated heterocycles. The van der Waals surface area contributed by atoms with Crippen molar-refractivity contribution in [2.75, 3.05) is 13.2 Å². The smallest absolute Gasteiger partial charge is 0.305 e. The zero-order valence-electron chi connectivity index (χ0n) is 62.6. The molecule has 0 aliphatic heterocycles. The van der Waals surface area contributed by atoms with Gasteiger partial charge in [0.15, 0.2) is 0 Å². The van der Waals surface area contributed by atoms with Gasteiger partial charge in [0.1, 0.15) is 0 Å². The molecule has 2 unspecified atom stereocenters. The van der Waals surface area contributed by atoms with Crippen molar-refractivity contribution in [3.63, 3.8) is 0 Å². The quantitative estimate of drug-likeness (QED) is 0.0417. The second-order valence-corrected chi connectivity index (χ2v) is 29.9. The molecule has 6 heteroatoms. The highest BCUT2D eigenvalue weighted by Crippen LogP contribution is 2.21. The summed E-state index contributed by atoms with van der Waals surface area (Å²) in [5, 5.41) is 23.5. The summed E-state index contributed by atoms with van der Waals surface area (Å²) >= 11 is 0. The number of aliphatic hydroxyl groups is 2. The van der Waals surface area contributed by atoms with Crippen LogP contribution in [0.25, 0.3) is 0 Å². The molecule has 0 fully saturated rings. The third kappa shape index (κ3) is 77.7. The van der Waals surface area contributed by atoms with E-state index in [1.165, 1.54) is 437 Å². The summed E-state index contributed by atoms with van der Waals surface area (Å²) in [7, 11) is 0. The second-order valence-electron chi connectivity index (χ2n) is 29.9. The van der Waals surface area contributed by atoms with E-state index in [2.05, 4.69) is 19.2 Å². The molecular formula is C85H169NO5. The molecule has 1 amide bonds. The van der Waals surface area contributed by atoms with Crippen LogP contribution in [0.3, 0.4) is 0 Å². The molecule has 0 spiro atoms. The van der Waals surface area contributed by atoms with E-state index in [0.29, 0.717) is 25.9 Å². The Morgan fingerprint density at radius 2 is 0.451 bits per heavy atom. The summed E-state index contributed by atoms with van der Waals surface area (Å²) in [6.45, 7) is 5.03. The Labute approximate surface area is 572 Å². The van der Waals surface area contributed by atoms with E-state index < -0.39 is 12.1 Å². The summed E-state index contributed by atoms with van der Waals surface area (Å²) < 4.78 is 5.52. The Balaban J connectivity index is 3.29. The van der Waals surface area contributed by atoms with Crippen LogP contribution in [0, 0.1) is 0 Å². The molecule has 544 valence electrons. The molecule has 3 N–H and O–H groups in total. The number of hydrogen-bond acceptors (Lipinski definition) is 5. The summed E-state index contributed by atoms with van der Waals surface area (Å²) in [5.41, 5.74) is 0. The number of esters is 1. The van der Waals surface area contributed by atoms with Gasteiger partial charge in [-0.2, -0.15) is 0 Å². The van der Waals surface area contributed by atoms with Crippen LogP contribution < -0.4 is 5.32 Å². The van der Waals surface area contributed by atoms with Crippen molar-refractivity contribution in [1.82, 2.24) is 5.32 Å². The molecule has 0 saturated carbocycles. The van der Waals surface area contributed by atoms with Gasteiger partial charge in [0.25, 0.3) is 0 Å². The third-order valence-electron chi connectivity index (χ3n) is 20.7. The van der Waals surface area contributed by atoms with Crippen molar-refractivity contribution in [3.8, 4) is 0 Å². The summed E-state index contributed by atoms with van der Waals surface area (Å²) in [6, 6.07) is -0.537. The maximum atomic E-state index is 12.6. The van der Waals surface area contributed by atoms with Crippen molar-refractivity contribution in [3.05, 3.63) is 0 Å². The third-order valence-corrected chi connectivity index (χ3v) is 20.7. The van der Waals surface area contributed by atoms with E-state index in [9.17, 15) is 19.8 Å². The Morgan fingerprint density at radius 1 is 0.264 bits per heavy atom. The van der Waals surface area contributed by atoms with E-state index in [0.717, 1.165) is 38.5 Å². The van der Waals surface area contributed by atoms with Crippen molar-refractivity contribution in [2.24, 2.45) is 0 Å². The fourth-order valence-electron chi connectivity index (χ4n) is 14.2. The van der Waals surface area contributed by atoms with Gasteiger partial charge in [-0.1, -0.05) is 470 Å². The van der Waals surface area contributed by atoms with Crippen molar-refractivity contribution >= 4 is 11.9 Å². The Bertz CT molecular complexity index is 1340. The van der Waals surface area contributed by atoms with Gasteiger partial charge in [-0.3, -0.25) is 9.59 Å². The molecule has 6 nitrogen and oxygen atoms in total. The first-order valence-corrected chi connectivity index (χ1v) is 42.8. The lowest BCUT2D eigenvalue weighted by atomic mass is 10.0. The standard InChI is InChI=1S/C85H169NO5/c1-3-5-7-9-11-13-15-17-19-21-22-40-43-46-49-53-57-61-65-69-73-77-83(88)82(81-87)86-84(89)78-74-70-66-62-58-54-50-47-44-41-38-36-34-32-30-28-26-24-23-25-27-29-31-33-35-37-39-42-45-48-52-56-60-64-68-72-76-80-91-85(90)79-75-71-67-63-59-55-51-20-18-16-14-12-10-8-6-4-2/h82-83,87-88H,3-81H2,1-2H3,(H,86,89). The molecule has 0 aromatic heterocycles. The first-order chi connectivity index (χ1) is 45.0. The molecule has 0 aromatic rings. The van der Waals surface area contributed by atoms with Crippen LogP contribution in [0.2, 0.25) is 0 Å². The Morgan fingerprint density at radius 3 is 0.670 bits per heavy atom. The van der Waals surface area contributed by atoms with Crippen LogP contribution in [-0.2, 0) is 14.3 Å². The molecule has 0 aliphatic carbocycles. The molecular weight excluding hydrogens is 1110 g/mol. The molecule has 2 atom stereocenters. The highest BCUT2D eigenvalue weighted by molar-refractivity contribution is 5.76. The zero-order chi connectivity index (χ0) is 65.6. The highest BCUT2D eigenvalue weighted by Gasteiger charge is 2.20. The number of unbranched alkanes of at least 4 members (excludes halogenated alkanes) is 71. The van der Waals surface area contributed by atoms with Crippen LogP contribution >= 0.6 is 0 Å². The van der Waals surface area contributed by atoms with Crippen LogP contribution in [0.15, 0.2) is 0 Å². The fraction of sp³-hybridized carbons (Fsp3) is 0.976. The SMILES string of the molecule is CCCCCCCCCCCCCCCCCCCCCCCC(O)C(CO)NC(=O)CCCCCCCCCCCCCCCCCCCCCCCCCCCCCCCCCCCCCCCOC(=O)CCCCCCCCCCCCCCCCCC. The number of ether oxygens (including phenoxy) is 1. The number of carbonyl (C=O) groups excluding carboxylic acids is 2. The number of aliphatic hydroxyl groups excluding tert-OH is 2. The largest absolute Gasteiger partial charge is 0.466 e. The van der Waals surface area contributed by atoms with E-state index >= 15 is 0 Å². The summed E-state index contributed by atoms with van der Waals surface area (Å²) in [4.78, 5) is 24.7. The Kier molecular flexibility index (Phi) is 80.3. The lowest BCUT2D eigenvalue weighted by Crippen LogP contribution is -2.45. The summed E-state index contributed by atoms with van der Waals surface area (Å²) in [6.07, 6.45) is 102. The molecule has 0 radical (unpaired) electrons. The lowest BCUT2D eigenvalue weighted by Gasteiger charge is -2.22. The van der Waals surface area contributed by atoms with Gasteiger partial charge < -0.3 is 20.3 Å². The van der Waals surface area contributed by atoms with Gasteiger partial charge in [0, 0.05) is 12.8 Å². The molecule has 0 heterocycles. The second kappa shape index (κ2) is 81.3. The van der Waals surface area contributed by atoms with Crippen molar-refractivity contribution < 1.29 is 24.5 Å². The van der Waals surface area contributed by atoms with Crippen molar-refractivity contribution in [1.29, 1.82) is 0 Å². The van der Waals surface area contributed by atoms with E-state index in [1.807, 2.05) is 0 Å². The highest BCUT2D eigenvalue weighted by atomic mass is 16.5. The van der Waals surface area contributed by atoms with Gasteiger partial charge in [-0.05, 0) is 25.7 Å². The first-order valence-electron chi connectivity index (χ1n) is 42.8. The maximum absolute atomic E-state index is 12.6. The minimum atomic E-state index is -0.660. The van der Waals surface area contributed by atoms with E-state index in [4.69, 9.17) is 4.74 Å². The minimum absolute atomic E-state index is 0.0228. The lowest BCUT2D eigenvalue weighted by molar-refractivity contribution is -0.143. The predicted molar refractivity (Wildman–Crippen MR) is 403 cm³/mol. The Hall–Kier alpha value is -1.14. The van der Waals surface area contributed by atoms with Crippen LogP contribution in [-0.4, -0.2) is 47.4 Å². The average Bonchev–Trinajstić information content (AvgIpc) is 3.57. The first kappa shape index (κ1) is 89.9. The fourth-order valence-corrected chi connectivity index (χ4v) is 14.2. The molecule has 0 rings (SSSR count).